The average molecular weight is 1650 g/mol. The van der Waals surface area contributed by atoms with E-state index >= 15 is 0 Å². The number of furan rings is 4. The lowest BCUT2D eigenvalue weighted by Gasteiger charge is -2.20. The topological polar surface area (TPSA) is 120 Å². The van der Waals surface area contributed by atoms with Crippen molar-refractivity contribution in [2.75, 3.05) is 0 Å². The number of nitrogens with zero attached hydrogens (tertiary/aromatic N) is 8. The number of hydrogen-bond donors (Lipinski definition) is 0. The fourth-order valence-corrected chi connectivity index (χ4v) is 22.1. The van der Waals surface area contributed by atoms with Gasteiger partial charge in [-0.15, -0.1) is 0 Å². The molecule has 0 saturated heterocycles. The Labute approximate surface area is 733 Å². The van der Waals surface area contributed by atoms with Crippen LogP contribution in [-0.4, -0.2) is 19.9 Å². The molecule has 6 aliphatic carbocycles. The normalized spacial score (nSPS) is 16.8. The molecule has 0 amide bonds. The van der Waals surface area contributed by atoms with Gasteiger partial charge in [-0.2, -0.15) is 0 Å². The van der Waals surface area contributed by atoms with E-state index < -0.39 is 0 Å². The van der Waals surface area contributed by atoms with Crippen LogP contribution in [0, 0.1) is 33.1 Å². The third-order valence-corrected chi connectivity index (χ3v) is 29.3. The fraction of sp³-hybridized carbons (Fsp3) is 0.429. The molecule has 22 rings (SSSR count). The van der Waals surface area contributed by atoms with Crippen molar-refractivity contribution in [3.63, 3.8) is 0 Å². The molecule has 12 heteroatoms. The summed E-state index contributed by atoms with van der Waals surface area (Å²) >= 11 is 0. The minimum atomic E-state index is -0.00599. The Morgan fingerprint density at radius 2 is 0.540 bits per heavy atom. The number of aromatic nitrogens is 8. The van der Waals surface area contributed by atoms with Crippen LogP contribution in [-0.2, 0) is 40.0 Å². The van der Waals surface area contributed by atoms with Gasteiger partial charge in [0.25, 0.3) is 0 Å². The summed E-state index contributed by atoms with van der Waals surface area (Å²) in [6.45, 7) is 22.1. The van der Waals surface area contributed by atoms with Crippen molar-refractivity contribution < 1.29 is 35.9 Å². The molecule has 0 N–H and O–H groups in total. The monoisotopic (exact) mass is 1650 g/mol. The van der Waals surface area contributed by atoms with Gasteiger partial charge in [-0.25, -0.2) is 38.2 Å². The van der Waals surface area contributed by atoms with E-state index in [2.05, 4.69) is 286 Å². The maximum Gasteiger partial charge on any atom is 0.227 e. The van der Waals surface area contributed by atoms with Gasteiger partial charge in [-0.05, 0) is 233 Å². The first-order valence-electron chi connectivity index (χ1n) is 47.3. The molecule has 0 aliphatic heterocycles. The van der Waals surface area contributed by atoms with Crippen LogP contribution in [0.3, 0.4) is 0 Å². The van der Waals surface area contributed by atoms with Gasteiger partial charge < -0.3 is 17.7 Å². The van der Waals surface area contributed by atoms with Crippen molar-refractivity contribution in [2.45, 2.75) is 277 Å². The highest BCUT2D eigenvalue weighted by Gasteiger charge is 2.33. The molecular weight excluding hydrogens is 1520 g/mol. The van der Waals surface area contributed by atoms with Crippen molar-refractivity contribution in [3.05, 3.63) is 238 Å². The molecule has 0 spiro atoms. The molecule has 124 heavy (non-hydrogen) atoms. The van der Waals surface area contributed by atoms with Gasteiger partial charge in [0.2, 0.25) is 45.6 Å². The molecule has 12 aromatic heterocycles. The lowest BCUT2D eigenvalue weighted by molar-refractivity contribution is -0.660. The first kappa shape index (κ1) is 82.9. The standard InChI is InChI=1S/C29H33N2O.C28H31N2O.C28H33N2O.C27H31N2O/c1-19-12-13-23-24-14-15-25(21-10-4-3-5-11-21)30-29(24)32-28(23)27(19)26-18-22(16-17-31(26)2)20-8-6-7-9-20;1-18-11-12-22-23-13-14-24(20-9-5-6-10-20)29-28(23)31-27(22)26(18)25-17-21(15-16-30(25)2)19-7-3-4-8-19;1-18-10-12-22-23-13-11-21(17-28(2,3)4)29-27(23)31-26(22)25(18)24-16-20(14-15-30(24)5)19-8-6-7-9-19;1-17-10-11-20-21-12-13-23(27(2,3)4)28-26(21)30-25(20)24(17)22-16-19(14-15-29(22)5)18-8-6-7-9-18/h12-18,20-21H,3-11H2,1-2H3;11-17,19-20H,3-10H2,1-2H3;10-16,19H,6-9,17H2,1-5H3;10-16,18H,6-9H2,1-5H3/q4*+1. The van der Waals surface area contributed by atoms with E-state index in [0.29, 0.717) is 35.5 Å². The van der Waals surface area contributed by atoms with Crippen LogP contribution in [0.4, 0.5) is 0 Å². The van der Waals surface area contributed by atoms with Crippen LogP contribution < -0.4 is 18.3 Å². The molecule has 0 radical (unpaired) electrons. The van der Waals surface area contributed by atoms with E-state index in [1.165, 1.54) is 272 Å². The molecule has 6 fully saturated rings. The van der Waals surface area contributed by atoms with E-state index in [9.17, 15) is 0 Å². The lowest BCUT2D eigenvalue weighted by Crippen LogP contribution is -2.31. The quantitative estimate of drug-likeness (QED) is 0.117. The molecule has 6 aliphatic rings. The number of benzene rings is 4. The molecule has 16 aromatic rings. The van der Waals surface area contributed by atoms with Crippen LogP contribution in [0.2, 0.25) is 0 Å². The van der Waals surface area contributed by atoms with Gasteiger partial charge in [0, 0.05) is 132 Å². The number of pyridine rings is 8. The van der Waals surface area contributed by atoms with Gasteiger partial charge in [-0.3, -0.25) is 0 Å². The van der Waals surface area contributed by atoms with Crippen LogP contribution in [0.1, 0.15) is 305 Å². The first-order valence-corrected chi connectivity index (χ1v) is 47.3. The van der Waals surface area contributed by atoms with Crippen molar-refractivity contribution in [3.8, 4) is 45.0 Å². The third kappa shape index (κ3) is 16.4. The molecule has 0 unspecified atom stereocenters. The maximum absolute atomic E-state index is 6.55. The summed E-state index contributed by atoms with van der Waals surface area (Å²) < 4.78 is 34.9. The van der Waals surface area contributed by atoms with Gasteiger partial charge in [-0.1, -0.05) is 174 Å². The minimum absolute atomic E-state index is 0.00599. The summed E-state index contributed by atoms with van der Waals surface area (Å²) in [5.74, 6) is 3.96. The summed E-state index contributed by atoms with van der Waals surface area (Å²) in [6, 6.07) is 54.1. The number of rotatable bonds is 11. The molecule has 12 heterocycles. The fourth-order valence-electron chi connectivity index (χ4n) is 22.1. The van der Waals surface area contributed by atoms with E-state index in [4.69, 9.17) is 37.6 Å². The Morgan fingerprint density at radius 3 is 0.839 bits per heavy atom. The zero-order chi connectivity index (χ0) is 85.4. The van der Waals surface area contributed by atoms with Gasteiger partial charge in [0.1, 0.15) is 28.2 Å². The third-order valence-electron chi connectivity index (χ3n) is 29.3. The molecule has 12 nitrogen and oxygen atoms in total. The average Bonchev–Trinajstić information content (AvgIpc) is 1.60. The second-order valence-electron chi connectivity index (χ2n) is 40.4. The van der Waals surface area contributed by atoms with E-state index in [1.807, 2.05) is 0 Å². The highest BCUT2D eigenvalue weighted by Crippen LogP contribution is 2.47. The Bertz CT molecular complexity index is 6700. The van der Waals surface area contributed by atoms with Gasteiger partial charge >= 0.3 is 0 Å². The second kappa shape index (κ2) is 34.3. The number of hydrogen-bond acceptors (Lipinski definition) is 8. The first-order chi connectivity index (χ1) is 60.0. The Kier molecular flexibility index (Phi) is 22.9. The van der Waals surface area contributed by atoms with Crippen LogP contribution in [0.15, 0.2) is 188 Å². The summed E-state index contributed by atoms with van der Waals surface area (Å²) in [7, 11) is 8.55. The minimum Gasteiger partial charge on any atom is -0.437 e. The lowest BCUT2D eigenvalue weighted by atomic mass is 9.86. The highest BCUT2D eigenvalue weighted by molar-refractivity contribution is 6.12. The molecule has 6 saturated carbocycles. The van der Waals surface area contributed by atoms with Crippen LogP contribution >= 0.6 is 0 Å². The number of aryl methyl sites for hydroxylation is 8. The summed E-state index contributed by atoms with van der Waals surface area (Å²) in [5.41, 5.74) is 32.2. The Hall–Kier alpha value is -10.7. The largest absolute Gasteiger partial charge is 0.437 e. The summed E-state index contributed by atoms with van der Waals surface area (Å²) in [4.78, 5) is 19.8. The number of fused-ring (bicyclic) bond motifs is 12. The van der Waals surface area contributed by atoms with Crippen molar-refractivity contribution in [1.29, 1.82) is 0 Å². The smallest absolute Gasteiger partial charge is 0.227 e. The van der Waals surface area contributed by atoms with Crippen LogP contribution in [0.5, 0.6) is 0 Å². The zero-order valence-corrected chi connectivity index (χ0v) is 76.2. The molecule has 0 atom stereocenters. The summed E-state index contributed by atoms with van der Waals surface area (Å²) in [6.07, 6.45) is 42.8. The van der Waals surface area contributed by atoms with Gasteiger partial charge in [0.15, 0.2) is 47.1 Å². The predicted octanol–water partition coefficient (Wildman–Crippen LogP) is 28.3. The zero-order valence-electron chi connectivity index (χ0n) is 76.2. The summed E-state index contributed by atoms with van der Waals surface area (Å²) in [5, 5.41) is 9.10. The molecular formula is C112H128N8O4+4. The van der Waals surface area contributed by atoms with Crippen LogP contribution in [0.25, 0.3) is 133 Å². The van der Waals surface area contributed by atoms with E-state index in [1.54, 1.807) is 0 Å². The molecule has 4 aromatic carbocycles. The van der Waals surface area contributed by atoms with Crippen molar-refractivity contribution in [2.24, 2.45) is 33.6 Å². The van der Waals surface area contributed by atoms with E-state index in [0.717, 1.165) is 95.3 Å². The van der Waals surface area contributed by atoms with E-state index in [-0.39, 0.29) is 10.8 Å². The Balaban J connectivity index is 0.000000108. The Morgan fingerprint density at radius 1 is 0.282 bits per heavy atom. The van der Waals surface area contributed by atoms with Gasteiger partial charge in [0.05, 0.1) is 22.3 Å². The molecule has 0 bridgehead atoms. The second-order valence-corrected chi connectivity index (χ2v) is 40.4. The van der Waals surface area contributed by atoms with Crippen molar-refractivity contribution >= 4 is 88.3 Å². The SMILES string of the molecule is Cc1ccc2c(oc3nc(C(C)(C)C)ccc32)c1-c1cc(C2CCCC2)cc[n+]1C.Cc1ccc2c(oc3nc(C4CCCC4)ccc32)c1-c1cc(C2CCCC2)cc[n+]1C.Cc1ccc2c(oc3nc(C4CCCCC4)ccc32)c1-c1cc(C2CCCC2)cc[n+]1C.Cc1ccc2c(oc3nc(CC(C)(C)C)ccc32)c1-c1cc(C2CCCC2)cc[n+]1C. The predicted molar refractivity (Wildman–Crippen MR) is 505 cm³/mol. The maximum atomic E-state index is 6.55. The van der Waals surface area contributed by atoms with Crippen molar-refractivity contribution in [1.82, 2.24) is 19.9 Å². The molecule has 636 valence electrons. The highest BCUT2D eigenvalue weighted by atomic mass is 16.4.